The predicted molar refractivity (Wildman–Crippen MR) is 144 cm³/mol. The number of piperidine rings is 1. The summed E-state index contributed by atoms with van der Waals surface area (Å²) in [5.41, 5.74) is 8.04. The molecule has 0 N–H and O–H groups in total. The molecule has 36 heavy (non-hydrogen) atoms. The zero-order valence-corrected chi connectivity index (χ0v) is 21.1. The molecule has 3 aromatic carbocycles. The summed E-state index contributed by atoms with van der Waals surface area (Å²) < 4.78 is 0. The number of rotatable bonds is 6. The van der Waals surface area contributed by atoms with Crippen LogP contribution in [0, 0.1) is 13.8 Å². The molecule has 3 aliphatic rings. The second-order valence-corrected chi connectivity index (χ2v) is 10.5. The number of aryl methyl sites for hydroxylation is 2. The first-order chi connectivity index (χ1) is 17.5. The highest BCUT2D eigenvalue weighted by Gasteiger charge is 2.42. The van der Waals surface area contributed by atoms with Crippen LogP contribution in [0.15, 0.2) is 66.7 Å². The molecule has 0 bridgehead atoms. The van der Waals surface area contributed by atoms with Gasteiger partial charge >= 0.3 is 0 Å². The van der Waals surface area contributed by atoms with E-state index in [-0.39, 0.29) is 11.7 Å². The minimum atomic E-state index is -0.383. The number of hydrogen-bond donors (Lipinski definition) is 0. The first-order valence-corrected chi connectivity index (χ1v) is 13.2. The third kappa shape index (κ3) is 3.92. The quantitative estimate of drug-likeness (QED) is 0.340. The second-order valence-electron chi connectivity index (χ2n) is 10.5. The standard InChI is InChI=1S/C31H33N3O2/c1-21-9-12-23(13-10-21)34-28-14-11-22(2)19-25(28)26-20-32(18-15-29(26)34)16-5-6-17-33-27-8-4-3-7-24(27)30(35)31(33)36/h3-4,7-14,19,26,29H,5-6,15-18,20H2,1-2H3. The first kappa shape index (κ1) is 23.0. The third-order valence-electron chi connectivity index (χ3n) is 8.13. The molecule has 0 saturated carbocycles. The van der Waals surface area contributed by atoms with Crippen LogP contribution in [-0.2, 0) is 4.79 Å². The van der Waals surface area contributed by atoms with Crippen LogP contribution in [-0.4, -0.2) is 48.8 Å². The van der Waals surface area contributed by atoms with Crippen molar-refractivity contribution in [3.63, 3.8) is 0 Å². The molecule has 3 aromatic rings. The summed E-state index contributed by atoms with van der Waals surface area (Å²) in [6.45, 7) is 8.10. The summed E-state index contributed by atoms with van der Waals surface area (Å²) >= 11 is 0. The Balaban J connectivity index is 1.11. The van der Waals surface area contributed by atoms with Crippen LogP contribution < -0.4 is 9.80 Å². The van der Waals surface area contributed by atoms with Crippen molar-refractivity contribution in [1.29, 1.82) is 0 Å². The highest BCUT2D eigenvalue weighted by atomic mass is 16.2. The van der Waals surface area contributed by atoms with Gasteiger partial charge in [0.2, 0.25) is 0 Å². The summed E-state index contributed by atoms with van der Waals surface area (Å²) in [6, 6.07) is 23.7. The summed E-state index contributed by atoms with van der Waals surface area (Å²) in [5, 5.41) is 0. The molecule has 1 fully saturated rings. The Hall–Kier alpha value is -3.44. The number of likely N-dealkylation sites (tertiary alicyclic amines) is 1. The van der Waals surface area contributed by atoms with E-state index in [0.717, 1.165) is 44.6 Å². The normalized spacial score (nSPS) is 21.1. The Morgan fingerprint density at radius 1 is 0.833 bits per heavy atom. The molecule has 0 radical (unpaired) electrons. The van der Waals surface area contributed by atoms with Crippen LogP contribution in [0.3, 0.4) is 0 Å². The van der Waals surface area contributed by atoms with Crippen LogP contribution >= 0.6 is 0 Å². The first-order valence-electron chi connectivity index (χ1n) is 13.2. The fraction of sp³-hybridized carbons (Fsp3) is 0.355. The average Bonchev–Trinajstić information content (AvgIpc) is 3.33. The minimum absolute atomic E-state index is 0.374. The molecule has 1 saturated heterocycles. The number of amides is 1. The van der Waals surface area contributed by atoms with Gasteiger partial charge in [-0.15, -0.1) is 0 Å². The SMILES string of the molecule is Cc1ccc(N2c3ccc(C)cc3C3CN(CCCCN4C(=O)C(=O)c5ccccc54)CCC32)cc1. The lowest BCUT2D eigenvalue weighted by Gasteiger charge is -2.39. The van der Waals surface area contributed by atoms with E-state index >= 15 is 0 Å². The molecule has 2 atom stereocenters. The molecule has 6 rings (SSSR count). The molecule has 0 aliphatic carbocycles. The number of carbonyl (C=O) groups is 2. The highest BCUT2D eigenvalue weighted by Crippen LogP contribution is 2.48. The average molecular weight is 480 g/mol. The van der Waals surface area contributed by atoms with Gasteiger partial charge in [-0.05, 0) is 75.5 Å². The third-order valence-corrected chi connectivity index (χ3v) is 8.13. The number of benzene rings is 3. The van der Waals surface area contributed by atoms with Gasteiger partial charge in [0.05, 0.1) is 11.3 Å². The van der Waals surface area contributed by atoms with Crippen LogP contribution in [0.5, 0.6) is 0 Å². The zero-order valence-electron chi connectivity index (χ0n) is 21.1. The number of nitrogens with zero attached hydrogens (tertiary/aromatic N) is 3. The second kappa shape index (κ2) is 9.21. The smallest absolute Gasteiger partial charge is 0.299 e. The molecule has 5 nitrogen and oxygen atoms in total. The Labute approximate surface area is 213 Å². The van der Waals surface area contributed by atoms with Gasteiger partial charge in [-0.25, -0.2) is 0 Å². The van der Waals surface area contributed by atoms with Gasteiger partial charge in [-0.1, -0.05) is 47.5 Å². The van der Waals surface area contributed by atoms with Crippen molar-refractivity contribution in [2.24, 2.45) is 0 Å². The lowest BCUT2D eigenvalue weighted by molar-refractivity contribution is -0.114. The number of unbranched alkanes of at least 4 members (excludes halogenated alkanes) is 1. The van der Waals surface area contributed by atoms with E-state index in [1.165, 1.54) is 28.1 Å². The van der Waals surface area contributed by atoms with Crippen molar-refractivity contribution >= 4 is 28.8 Å². The maximum atomic E-state index is 12.5. The fourth-order valence-electron chi connectivity index (χ4n) is 6.31. The number of carbonyl (C=O) groups excluding carboxylic acids is 2. The Morgan fingerprint density at radius 2 is 1.58 bits per heavy atom. The van der Waals surface area contributed by atoms with Gasteiger partial charge in [0.25, 0.3) is 11.7 Å². The molecule has 2 unspecified atom stereocenters. The molecular weight excluding hydrogens is 446 g/mol. The van der Waals surface area contributed by atoms with Crippen LogP contribution in [0.25, 0.3) is 0 Å². The molecule has 5 heteroatoms. The van der Waals surface area contributed by atoms with Crippen LogP contribution in [0.2, 0.25) is 0 Å². The maximum absolute atomic E-state index is 12.5. The number of Topliss-reactive ketones (excluding diaryl/α,β-unsaturated/α-hetero) is 1. The molecule has 0 spiro atoms. The van der Waals surface area contributed by atoms with Crippen molar-refractivity contribution in [3.05, 3.63) is 89.0 Å². The van der Waals surface area contributed by atoms with E-state index in [2.05, 4.69) is 66.1 Å². The summed E-state index contributed by atoms with van der Waals surface area (Å²) in [4.78, 5) is 31.5. The topological polar surface area (TPSA) is 43.9 Å². The lowest BCUT2D eigenvalue weighted by atomic mass is 9.88. The van der Waals surface area contributed by atoms with Gasteiger partial charge in [0.15, 0.2) is 0 Å². The molecule has 184 valence electrons. The Bertz CT molecular complexity index is 1320. The summed E-state index contributed by atoms with van der Waals surface area (Å²) in [5.74, 6) is -0.258. The lowest BCUT2D eigenvalue weighted by Crippen LogP contribution is -2.45. The fourth-order valence-corrected chi connectivity index (χ4v) is 6.31. The van der Waals surface area contributed by atoms with Crippen LogP contribution in [0.1, 0.15) is 52.2 Å². The van der Waals surface area contributed by atoms with E-state index in [1.54, 1.807) is 11.0 Å². The predicted octanol–water partition coefficient (Wildman–Crippen LogP) is 5.62. The van der Waals surface area contributed by atoms with Crippen molar-refractivity contribution < 1.29 is 9.59 Å². The molecule has 3 aliphatic heterocycles. The van der Waals surface area contributed by atoms with E-state index in [9.17, 15) is 9.59 Å². The van der Waals surface area contributed by atoms with E-state index in [0.29, 0.717) is 24.1 Å². The van der Waals surface area contributed by atoms with Crippen molar-refractivity contribution in [3.8, 4) is 0 Å². The monoisotopic (exact) mass is 479 g/mol. The van der Waals surface area contributed by atoms with Gasteiger partial charge in [-0.2, -0.15) is 0 Å². The number of hydrogen-bond acceptors (Lipinski definition) is 4. The summed E-state index contributed by atoms with van der Waals surface area (Å²) in [7, 11) is 0. The van der Waals surface area contributed by atoms with Gasteiger partial charge < -0.3 is 14.7 Å². The van der Waals surface area contributed by atoms with Crippen molar-refractivity contribution in [1.82, 2.24) is 4.90 Å². The molecule has 3 heterocycles. The van der Waals surface area contributed by atoms with Gasteiger partial charge in [0, 0.05) is 43.0 Å². The van der Waals surface area contributed by atoms with E-state index in [1.807, 2.05) is 18.2 Å². The Morgan fingerprint density at radius 3 is 2.42 bits per heavy atom. The highest BCUT2D eigenvalue weighted by molar-refractivity contribution is 6.52. The molecular formula is C31H33N3O2. The van der Waals surface area contributed by atoms with Crippen molar-refractivity contribution in [2.75, 3.05) is 36.0 Å². The summed E-state index contributed by atoms with van der Waals surface area (Å²) in [6.07, 6.45) is 3.04. The minimum Gasteiger partial charge on any atom is -0.337 e. The Kier molecular flexibility index (Phi) is 5.88. The van der Waals surface area contributed by atoms with E-state index < -0.39 is 0 Å². The van der Waals surface area contributed by atoms with Gasteiger partial charge in [0.1, 0.15) is 0 Å². The molecule has 1 amide bonds. The van der Waals surface area contributed by atoms with Gasteiger partial charge in [-0.3, -0.25) is 9.59 Å². The number of para-hydroxylation sites is 1. The number of ketones is 1. The van der Waals surface area contributed by atoms with E-state index in [4.69, 9.17) is 0 Å². The van der Waals surface area contributed by atoms with Crippen LogP contribution in [0.4, 0.5) is 17.1 Å². The van der Waals surface area contributed by atoms with Crippen molar-refractivity contribution in [2.45, 2.75) is 45.1 Å². The largest absolute Gasteiger partial charge is 0.337 e. The maximum Gasteiger partial charge on any atom is 0.299 e. The molecule has 0 aromatic heterocycles. The number of anilines is 3. The number of fused-ring (bicyclic) bond motifs is 4. The zero-order chi connectivity index (χ0) is 24.8.